The van der Waals surface area contributed by atoms with Crippen molar-refractivity contribution in [3.05, 3.63) is 82.9 Å². The second-order valence-electron chi connectivity index (χ2n) is 9.29. The van der Waals surface area contributed by atoms with Gasteiger partial charge in [0.05, 0.1) is 12.4 Å². The first kappa shape index (κ1) is 28.9. The van der Waals surface area contributed by atoms with Crippen molar-refractivity contribution < 1.29 is 8.78 Å². The summed E-state index contributed by atoms with van der Waals surface area (Å²) in [6, 6.07) is 13.1. The Labute approximate surface area is 233 Å². The summed E-state index contributed by atoms with van der Waals surface area (Å²) in [4.78, 5) is 18.4. The van der Waals surface area contributed by atoms with Crippen LogP contribution in [-0.2, 0) is 6.54 Å². The van der Waals surface area contributed by atoms with Crippen LogP contribution in [-0.4, -0.2) is 63.7 Å². The Kier molecular flexibility index (Phi) is 9.83. The predicted octanol–water partition coefficient (Wildman–Crippen LogP) is 5.69. The van der Waals surface area contributed by atoms with Crippen LogP contribution in [0.2, 0.25) is 5.28 Å². The van der Waals surface area contributed by atoms with Gasteiger partial charge in [0.25, 0.3) is 0 Å². The average molecular weight is 556 g/mol. The molecule has 0 saturated carbocycles. The van der Waals surface area contributed by atoms with Crippen LogP contribution in [0.3, 0.4) is 0 Å². The number of likely N-dealkylation sites (N-methyl/N-ethyl adjacent to an activating group) is 1. The summed E-state index contributed by atoms with van der Waals surface area (Å²) in [7, 11) is 1.91. The maximum Gasteiger partial charge on any atom is 0.226 e. The monoisotopic (exact) mass is 555 g/mol. The lowest BCUT2D eigenvalue weighted by Crippen LogP contribution is -2.54. The summed E-state index contributed by atoms with van der Waals surface area (Å²) < 4.78 is 29.4. The fraction of sp³-hybridized carbons (Fsp3) is 0.414. The molecule has 1 saturated heterocycles. The van der Waals surface area contributed by atoms with E-state index in [1.54, 1.807) is 6.33 Å². The van der Waals surface area contributed by atoms with Gasteiger partial charge in [0.2, 0.25) is 5.28 Å². The first-order valence-electron chi connectivity index (χ1n) is 13.5. The van der Waals surface area contributed by atoms with Gasteiger partial charge in [-0.15, -0.1) is 0 Å². The molecule has 208 valence electrons. The van der Waals surface area contributed by atoms with Gasteiger partial charge >= 0.3 is 0 Å². The van der Waals surface area contributed by atoms with E-state index in [2.05, 4.69) is 37.0 Å². The smallest absolute Gasteiger partial charge is 0.226 e. The van der Waals surface area contributed by atoms with E-state index < -0.39 is 0 Å². The Balaban J connectivity index is 0.00000172. The zero-order valence-corrected chi connectivity index (χ0v) is 23.7. The minimum Gasteiger partial charge on any atom is -0.349 e. The number of hydrogen-bond acceptors (Lipinski definition) is 6. The Morgan fingerprint density at radius 2 is 1.59 bits per heavy atom. The Morgan fingerprint density at radius 1 is 0.974 bits per heavy atom. The SMILES string of the molecule is CC.CCC1CN(C(c2ccc(F)cc2)c2ccc(F)cc2)CCN1c1nc(Cl)nc2c1ncn2CCNC. The maximum absolute atomic E-state index is 13.7. The van der Waals surface area contributed by atoms with Crippen molar-refractivity contribution in [2.45, 2.75) is 45.8 Å². The third-order valence-electron chi connectivity index (χ3n) is 7.01. The zero-order valence-electron chi connectivity index (χ0n) is 22.9. The number of nitrogens with zero attached hydrogens (tertiary/aromatic N) is 6. The number of nitrogens with one attached hydrogen (secondary N) is 1. The molecule has 0 bridgehead atoms. The van der Waals surface area contributed by atoms with E-state index in [4.69, 9.17) is 11.6 Å². The molecule has 0 radical (unpaired) electrons. The standard InChI is InChI=1S/C27H30ClF2N7.C2H6/c1-3-22-16-35(24(18-4-8-20(29)9-5-18)19-6-10-21(30)11-7-19)14-15-37(22)26-23-25(33-27(28)34-26)36(17-32-23)13-12-31-2;1-2/h4-11,17,22,24,31H,3,12-16H2,1-2H3;1-2H3. The highest BCUT2D eigenvalue weighted by Gasteiger charge is 2.34. The number of hydrogen-bond donors (Lipinski definition) is 1. The number of piperazine rings is 1. The highest BCUT2D eigenvalue weighted by atomic mass is 35.5. The lowest BCUT2D eigenvalue weighted by atomic mass is 9.95. The highest BCUT2D eigenvalue weighted by molar-refractivity contribution is 6.28. The number of fused-ring (bicyclic) bond motifs is 1. The van der Waals surface area contributed by atoms with Crippen molar-refractivity contribution in [1.29, 1.82) is 0 Å². The van der Waals surface area contributed by atoms with Crippen LogP contribution in [0.15, 0.2) is 54.9 Å². The molecule has 0 aliphatic carbocycles. The third kappa shape index (κ3) is 6.37. The molecule has 2 aromatic heterocycles. The molecular weight excluding hydrogens is 520 g/mol. The van der Waals surface area contributed by atoms with Crippen LogP contribution >= 0.6 is 11.6 Å². The van der Waals surface area contributed by atoms with Crippen LogP contribution in [0.1, 0.15) is 44.4 Å². The molecule has 7 nitrogen and oxygen atoms in total. The maximum atomic E-state index is 13.7. The van der Waals surface area contributed by atoms with E-state index in [9.17, 15) is 8.78 Å². The van der Waals surface area contributed by atoms with E-state index in [1.165, 1.54) is 24.3 Å². The van der Waals surface area contributed by atoms with Gasteiger partial charge < -0.3 is 14.8 Å². The quantitative estimate of drug-likeness (QED) is 0.282. The molecule has 1 fully saturated rings. The Bertz CT molecular complexity index is 1300. The minimum absolute atomic E-state index is 0.132. The van der Waals surface area contributed by atoms with E-state index in [0.717, 1.165) is 60.7 Å². The summed E-state index contributed by atoms with van der Waals surface area (Å²) in [5, 5.41) is 3.34. The molecule has 3 heterocycles. The highest BCUT2D eigenvalue weighted by Crippen LogP contribution is 2.34. The molecule has 1 aliphatic heterocycles. The van der Waals surface area contributed by atoms with Crippen molar-refractivity contribution in [1.82, 2.24) is 29.7 Å². The predicted molar refractivity (Wildman–Crippen MR) is 153 cm³/mol. The second kappa shape index (κ2) is 13.3. The van der Waals surface area contributed by atoms with Crippen molar-refractivity contribution in [2.24, 2.45) is 0 Å². The van der Waals surface area contributed by atoms with Crippen LogP contribution in [0, 0.1) is 11.6 Å². The van der Waals surface area contributed by atoms with Gasteiger partial charge in [0.1, 0.15) is 11.6 Å². The van der Waals surface area contributed by atoms with Crippen molar-refractivity contribution in [2.75, 3.05) is 38.1 Å². The van der Waals surface area contributed by atoms with Crippen LogP contribution < -0.4 is 10.2 Å². The molecule has 1 N–H and O–H groups in total. The lowest BCUT2D eigenvalue weighted by Gasteiger charge is -2.45. The first-order valence-corrected chi connectivity index (χ1v) is 13.9. The lowest BCUT2D eigenvalue weighted by molar-refractivity contribution is 0.180. The number of imidazole rings is 1. The molecule has 0 spiro atoms. The summed E-state index contributed by atoms with van der Waals surface area (Å²) >= 11 is 6.38. The summed E-state index contributed by atoms with van der Waals surface area (Å²) in [6.07, 6.45) is 2.66. The normalized spacial score (nSPS) is 16.0. The first-order chi connectivity index (χ1) is 19.0. The number of benzene rings is 2. The summed E-state index contributed by atoms with van der Waals surface area (Å²) in [5.41, 5.74) is 3.39. The van der Waals surface area contributed by atoms with Crippen LogP contribution in [0.4, 0.5) is 14.6 Å². The molecule has 4 aromatic rings. The number of halogens is 3. The molecule has 10 heteroatoms. The van der Waals surface area contributed by atoms with Crippen LogP contribution in [0.25, 0.3) is 11.2 Å². The van der Waals surface area contributed by atoms with E-state index in [0.29, 0.717) is 6.54 Å². The van der Waals surface area contributed by atoms with Gasteiger partial charge in [-0.1, -0.05) is 45.0 Å². The van der Waals surface area contributed by atoms with Crippen molar-refractivity contribution in [3.63, 3.8) is 0 Å². The van der Waals surface area contributed by atoms with E-state index >= 15 is 0 Å². The van der Waals surface area contributed by atoms with Gasteiger partial charge in [-0.05, 0) is 60.5 Å². The largest absolute Gasteiger partial charge is 0.349 e. The van der Waals surface area contributed by atoms with Gasteiger partial charge in [-0.3, -0.25) is 4.90 Å². The summed E-state index contributed by atoms with van der Waals surface area (Å²) in [5.74, 6) is 0.179. The molecule has 2 aromatic carbocycles. The van der Waals surface area contributed by atoms with Gasteiger partial charge in [-0.2, -0.15) is 9.97 Å². The van der Waals surface area contributed by atoms with Gasteiger partial charge in [0.15, 0.2) is 17.0 Å². The molecule has 39 heavy (non-hydrogen) atoms. The minimum atomic E-state index is -0.281. The van der Waals surface area contributed by atoms with Crippen molar-refractivity contribution >= 4 is 28.6 Å². The molecule has 0 amide bonds. The average Bonchev–Trinajstić information content (AvgIpc) is 3.37. The third-order valence-corrected chi connectivity index (χ3v) is 7.18. The number of aromatic nitrogens is 4. The number of anilines is 1. The molecule has 1 unspecified atom stereocenters. The van der Waals surface area contributed by atoms with E-state index in [-0.39, 0.29) is 29.0 Å². The Morgan fingerprint density at radius 3 is 2.15 bits per heavy atom. The Hall–Kier alpha value is -3.14. The van der Waals surface area contributed by atoms with Crippen molar-refractivity contribution in [3.8, 4) is 0 Å². The second-order valence-corrected chi connectivity index (χ2v) is 9.62. The number of rotatable bonds is 8. The molecule has 5 rings (SSSR count). The zero-order chi connectivity index (χ0) is 27.9. The summed E-state index contributed by atoms with van der Waals surface area (Å²) in [6.45, 7) is 9.81. The molecule has 1 atom stereocenters. The van der Waals surface area contributed by atoms with E-state index in [1.807, 2.05) is 49.7 Å². The van der Waals surface area contributed by atoms with Gasteiger partial charge in [-0.25, -0.2) is 13.8 Å². The fourth-order valence-corrected chi connectivity index (χ4v) is 5.31. The van der Waals surface area contributed by atoms with Gasteiger partial charge in [0, 0.05) is 38.8 Å². The van der Waals surface area contributed by atoms with Crippen LogP contribution in [0.5, 0.6) is 0 Å². The molecular formula is C29H36ClF2N7. The fourth-order valence-electron chi connectivity index (χ4n) is 5.15. The topological polar surface area (TPSA) is 62.1 Å². The molecule has 1 aliphatic rings.